The number of hydrogen-bond donors (Lipinski definition) is 2. The number of nitro benzene ring substituents is 1. The van der Waals surface area contributed by atoms with E-state index in [0.29, 0.717) is 16.4 Å². The molecule has 0 spiro atoms. The molecule has 0 unspecified atom stereocenters. The first-order valence-corrected chi connectivity index (χ1v) is 7.19. The zero-order valence-corrected chi connectivity index (χ0v) is 13.4. The smallest absolute Gasteiger partial charge is 0.308 e. The van der Waals surface area contributed by atoms with Gasteiger partial charge in [-0.25, -0.2) is 4.79 Å². The van der Waals surface area contributed by atoms with Gasteiger partial charge in [-0.1, -0.05) is 11.6 Å². The Morgan fingerprint density at radius 3 is 2.38 bits per heavy atom. The molecule has 2 N–H and O–H groups in total. The first-order valence-electron chi connectivity index (χ1n) is 5.73. The van der Waals surface area contributed by atoms with Crippen molar-refractivity contribution in [1.29, 1.82) is 0 Å². The topological polar surface area (TPSA) is 84.3 Å². The van der Waals surface area contributed by atoms with Crippen LogP contribution in [0.1, 0.15) is 0 Å². The lowest BCUT2D eigenvalue weighted by Crippen LogP contribution is -2.19. The van der Waals surface area contributed by atoms with Crippen molar-refractivity contribution in [2.24, 2.45) is 0 Å². The minimum absolute atomic E-state index is 0.0341. The van der Waals surface area contributed by atoms with Gasteiger partial charge in [-0.15, -0.1) is 0 Å². The van der Waals surface area contributed by atoms with Gasteiger partial charge in [0.1, 0.15) is 0 Å². The number of carbonyl (C=O) groups excluding carboxylic acids is 1. The Morgan fingerprint density at radius 2 is 1.81 bits per heavy atom. The SMILES string of the molecule is O=C(Nc1ccc([N+](=O)[O-])cc1)Nc1ccc(Cl)cc1I. The minimum atomic E-state index is -0.500. The van der Waals surface area contributed by atoms with Crippen molar-refractivity contribution in [3.8, 4) is 0 Å². The zero-order valence-electron chi connectivity index (χ0n) is 10.5. The summed E-state index contributed by atoms with van der Waals surface area (Å²) in [4.78, 5) is 21.9. The highest BCUT2D eigenvalue weighted by Crippen LogP contribution is 2.22. The van der Waals surface area contributed by atoms with Crippen molar-refractivity contribution in [3.63, 3.8) is 0 Å². The molecular formula is C13H9ClIN3O3. The number of nitro groups is 1. The summed E-state index contributed by atoms with van der Waals surface area (Å²) < 4.78 is 0.805. The number of amides is 2. The van der Waals surface area contributed by atoms with Crippen LogP contribution in [0.5, 0.6) is 0 Å². The van der Waals surface area contributed by atoms with Gasteiger partial charge in [-0.05, 0) is 52.9 Å². The van der Waals surface area contributed by atoms with Crippen molar-refractivity contribution in [1.82, 2.24) is 0 Å². The second kappa shape index (κ2) is 6.72. The van der Waals surface area contributed by atoms with Crippen LogP contribution >= 0.6 is 34.2 Å². The van der Waals surface area contributed by atoms with E-state index < -0.39 is 11.0 Å². The third kappa shape index (κ3) is 4.30. The molecule has 0 aliphatic carbocycles. The lowest BCUT2D eigenvalue weighted by Gasteiger charge is -2.09. The quantitative estimate of drug-likeness (QED) is 0.438. The Hall–Kier alpha value is -1.87. The number of rotatable bonds is 3. The number of hydrogen-bond acceptors (Lipinski definition) is 3. The number of benzene rings is 2. The molecule has 0 radical (unpaired) electrons. The number of carbonyl (C=O) groups is 1. The van der Waals surface area contributed by atoms with E-state index >= 15 is 0 Å². The molecule has 8 heteroatoms. The summed E-state index contributed by atoms with van der Waals surface area (Å²) in [6.45, 7) is 0. The summed E-state index contributed by atoms with van der Waals surface area (Å²) in [5.41, 5.74) is 1.05. The van der Waals surface area contributed by atoms with Crippen LogP contribution in [0.15, 0.2) is 42.5 Å². The largest absolute Gasteiger partial charge is 0.323 e. The molecule has 0 heterocycles. The molecule has 0 fully saturated rings. The molecule has 0 atom stereocenters. The Bertz CT molecular complexity index is 692. The standard InChI is InChI=1S/C13H9ClIN3O3/c14-8-1-6-12(11(15)7-8)17-13(19)16-9-2-4-10(5-3-9)18(20)21/h1-7H,(H2,16,17,19). The van der Waals surface area contributed by atoms with Crippen molar-refractivity contribution >= 4 is 57.3 Å². The van der Waals surface area contributed by atoms with Gasteiger partial charge in [-0.2, -0.15) is 0 Å². The normalized spacial score (nSPS) is 10.0. The van der Waals surface area contributed by atoms with Crippen LogP contribution in [0.25, 0.3) is 0 Å². The molecule has 0 bridgehead atoms. The average molecular weight is 418 g/mol. The van der Waals surface area contributed by atoms with Gasteiger partial charge < -0.3 is 10.6 Å². The molecule has 21 heavy (non-hydrogen) atoms. The molecule has 0 saturated heterocycles. The first kappa shape index (κ1) is 15.5. The maximum atomic E-state index is 11.8. The Morgan fingerprint density at radius 1 is 1.14 bits per heavy atom. The number of urea groups is 1. The Labute approximate surface area is 138 Å². The molecular weight excluding hydrogens is 409 g/mol. The number of anilines is 2. The fourth-order valence-corrected chi connectivity index (χ4v) is 2.55. The molecule has 2 aromatic carbocycles. The van der Waals surface area contributed by atoms with Gasteiger partial charge >= 0.3 is 6.03 Å². The van der Waals surface area contributed by atoms with Crippen LogP contribution in [0.2, 0.25) is 5.02 Å². The number of non-ortho nitro benzene ring substituents is 1. The van der Waals surface area contributed by atoms with Crippen LogP contribution < -0.4 is 10.6 Å². The summed E-state index contributed by atoms with van der Waals surface area (Å²) in [5.74, 6) is 0. The van der Waals surface area contributed by atoms with Gasteiger partial charge in [0.2, 0.25) is 0 Å². The third-order valence-corrected chi connectivity index (χ3v) is 3.64. The highest BCUT2D eigenvalue weighted by Gasteiger charge is 2.08. The van der Waals surface area contributed by atoms with Crippen LogP contribution in [0.4, 0.5) is 21.9 Å². The molecule has 108 valence electrons. The maximum Gasteiger partial charge on any atom is 0.323 e. The highest BCUT2D eigenvalue weighted by molar-refractivity contribution is 14.1. The second-order valence-corrected chi connectivity index (χ2v) is 5.61. The minimum Gasteiger partial charge on any atom is -0.308 e. The monoisotopic (exact) mass is 417 g/mol. The van der Waals surface area contributed by atoms with Crippen molar-refractivity contribution < 1.29 is 9.72 Å². The second-order valence-electron chi connectivity index (χ2n) is 4.01. The predicted octanol–water partition coefficient (Wildman–Crippen LogP) is 4.50. The van der Waals surface area contributed by atoms with E-state index in [-0.39, 0.29) is 5.69 Å². The van der Waals surface area contributed by atoms with Gasteiger partial charge in [0, 0.05) is 26.4 Å². The molecule has 2 amide bonds. The van der Waals surface area contributed by atoms with Crippen molar-refractivity contribution in [3.05, 3.63) is 61.2 Å². The zero-order chi connectivity index (χ0) is 15.4. The summed E-state index contributed by atoms with van der Waals surface area (Å²) in [6.07, 6.45) is 0. The third-order valence-electron chi connectivity index (χ3n) is 2.52. The fourth-order valence-electron chi connectivity index (χ4n) is 1.54. The number of nitrogens with zero attached hydrogens (tertiary/aromatic N) is 1. The lowest BCUT2D eigenvalue weighted by atomic mass is 10.3. The molecule has 0 aromatic heterocycles. The maximum absolute atomic E-state index is 11.8. The van der Waals surface area contributed by atoms with E-state index in [9.17, 15) is 14.9 Å². The highest BCUT2D eigenvalue weighted by atomic mass is 127. The van der Waals surface area contributed by atoms with E-state index in [1.54, 1.807) is 18.2 Å². The molecule has 0 aliphatic heterocycles. The Kier molecular flexibility index (Phi) is 4.97. The van der Waals surface area contributed by atoms with E-state index in [1.807, 2.05) is 0 Å². The average Bonchev–Trinajstić information content (AvgIpc) is 2.42. The van der Waals surface area contributed by atoms with E-state index in [4.69, 9.17) is 11.6 Å². The van der Waals surface area contributed by atoms with E-state index in [2.05, 4.69) is 33.2 Å². The van der Waals surface area contributed by atoms with Crippen LogP contribution in [0.3, 0.4) is 0 Å². The molecule has 0 saturated carbocycles. The van der Waals surface area contributed by atoms with Gasteiger partial charge in [0.25, 0.3) is 5.69 Å². The van der Waals surface area contributed by atoms with Crippen LogP contribution in [-0.4, -0.2) is 11.0 Å². The summed E-state index contributed by atoms with van der Waals surface area (Å²) >= 11 is 7.90. The van der Waals surface area contributed by atoms with E-state index in [0.717, 1.165) is 3.57 Å². The van der Waals surface area contributed by atoms with Crippen molar-refractivity contribution in [2.75, 3.05) is 10.6 Å². The summed E-state index contributed by atoms with van der Waals surface area (Å²) in [6, 6.07) is 10.2. The summed E-state index contributed by atoms with van der Waals surface area (Å²) in [5, 5.41) is 16.4. The lowest BCUT2D eigenvalue weighted by molar-refractivity contribution is -0.384. The number of halogens is 2. The molecule has 2 aromatic rings. The van der Waals surface area contributed by atoms with Crippen molar-refractivity contribution in [2.45, 2.75) is 0 Å². The molecule has 2 rings (SSSR count). The fraction of sp³-hybridized carbons (Fsp3) is 0. The molecule has 0 aliphatic rings. The van der Waals surface area contributed by atoms with Gasteiger partial charge in [0.05, 0.1) is 10.6 Å². The molecule has 6 nitrogen and oxygen atoms in total. The Balaban J connectivity index is 2.02. The van der Waals surface area contributed by atoms with Gasteiger partial charge in [0.15, 0.2) is 0 Å². The predicted molar refractivity (Wildman–Crippen MR) is 89.9 cm³/mol. The first-order chi connectivity index (χ1) is 9.95. The number of nitrogens with one attached hydrogen (secondary N) is 2. The van der Waals surface area contributed by atoms with Crippen LogP contribution in [0, 0.1) is 13.7 Å². The summed E-state index contributed by atoms with van der Waals surface area (Å²) in [7, 11) is 0. The van der Waals surface area contributed by atoms with E-state index in [1.165, 1.54) is 24.3 Å². The van der Waals surface area contributed by atoms with Gasteiger partial charge in [-0.3, -0.25) is 10.1 Å². The van der Waals surface area contributed by atoms with Crippen LogP contribution in [-0.2, 0) is 0 Å².